The molecule has 0 spiro atoms. The normalized spacial score (nSPS) is 11.3. The Morgan fingerprint density at radius 1 is 0.913 bits per heavy atom. The number of hydrogen-bond acceptors (Lipinski definition) is 1. The van der Waals surface area contributed by atoms with E-state index in [1.807, 2.05) is 0 Å². The van der Waals surface area contributed by atoms with Crippen LogP contribution >= 0.6 is 9.24 Å². The summed E-state index contributed by atoms with van der Waals surface area (Å²) in [6, 6.07) is 4.41. The first-order valence-electron chi connectivity index (χ1n) is 9.00. The topological polar surface area (TPSA) is 17.1 Å². The Bertz CT molecular complexity index is 475. The fourth-order valence-electron chi connectivity index (χ4n) is 2.24. The fraction of sp³-hybridized carbons (Fsp3) is 0.650. The molecule has 126 valence electrons. The molecule has 1 rings (SSSR count). The predicted molar refractivity (Wildman–Crippen MR) is 108 cm³/mol. The van der Waals surface area contributed by atoms with Gasteiger partial charge in [0.25, 0.3) is 0 Å². The second kappa shape index (κ2) is 10.7. The number of rotatable bonds is 5. The molecule has 0 aliphatic heterocycles. The van der Waals surface area contributed by atoms with Crippen molar-refractivity contribution in [2.45, 2.75) is 78.2 Å². The van der Waals surface area contributed by atoms with Gasteiger partial charge in [-0.05, 0) is 34.4 Å². The maximum atomic E-state index is 11.9. The fourth-order valence-corrected chi connectivity index (χ4v) is 2.57. The zero-order chi connectivity index (χ0) is 18.3. The van der Waals surface area contributed by atoms with Gasteiger partial charge < -0.3 is 0 Å². The van der Waals surface area contributed by atoms with Crippen LogP contribution in [0.25, 0.3) is 0 Å². The van der Waals surface area contributed by atoms with Crippen LogP contribution in [0.3, 0.4) is 0 Å². The molecule has 0 heterocycles. The van der Waals surface area contributed by atoms with E-state index >= 15 is 0 Å². The van der Waals surface area contributed by atoms with Crippen molar-refractivity contribution >= 4 is 32.5 Å². The van der Waals surface area contributed by atoms with Crippen molar-refractivity contribution < 1.29 is 4.79 Å². The van der Waals surface area contributed by atoms with Crippen LogP contribution < -0.4 is 0 Å². The van der Waals surface area contributed by atoms with Gasteiger partial charge in [-0.3, -0.25) is 4.79 Å². The van der Waals surface area contributed by atoms with Crippen LogP contribution in [0, 0.1) is 5.92 Å². The molecule has 1 nitrogen and oxygen atoms in total. The summed E-state index contributed by atoms with van der Waals surface area (Å²) in [6.07, 6.45) is 0. The zero-order valence-corrected chi connectivity index (χ0v) is 17.8. The molecular weight excluding hydrogens is 294 g/mol. The summed E-state index contributed by atoms with van der Waals surface area (Å²) in [6.45, 7) is 17.5. The van der Waals surface area contributed by atoms with E-state index in [4.69, 9.17) is 0 Å². The van der Waals surface area contributed by atoms with Crippen molar-refractivity contribution in [3.8, 4) is 0 Å². The van der Waals surface area contributed by atoms with E-state index in [1.165, 1.54) is 21.8 Å². The van der Waals surface area contributed by atoms with Crippen molar-refractivity contribution in [3.63, 3.8) is 0 Å². The minimum atomic E-state index is 0.109. The third-order valence-corrected chi connectivity index (χ3v) is 4.48. The molecule has 0 fully saturated rings. The number of carbonyl (C=O) groups is 1. The second-order valence-corrected chi connectivity index (χ2v) is 8.23. The molecule has 1 atom stereocenters. The molecule has 0 aromatic heterocycles. The molecule has 3 heteroatoms. The van der Waals surface area contributed by atoms with Crippen LogP contribution in [-0.4, -0.2) is 23.2 Å². The average Bonchev–Trinajstić information content (AvgIpc) is 2.45. The molecule has 0 N–H and O–H groups in total. The zero-order valence-electron chi connectivity index (χ0n) is 16.7. The van der Waals surface area contributed by atoms with Gasteiger partial charge >= 0.3 is 42.6 Å². The Morgan fingerprint density at radius 2 is 1.26 bits per heavy atom. The van der Waals surface area contributed by atoms with E-state index in [9.17, 15) is 4.79 Å². The average molecular weight is 328 g/mol. The third-order valence-electron chi connectivity index (χ3n) is 4.20. The molecule has 0 saturated heterocycles. The predicted octanol–water partition coefficient (Wildman–Crippen LogP) is 6.30. The number of carbonyl (C=O) groups excluding carboxylic acids is 1. The van der Waals surface area contributed by atoms with Gasteiger partial charge in [-0.25, -0.2) is 0 Å². The molecule has 1 unspecified atom stereocenters. The van der Waals surface area contributed by atoms with Crippen molar-refractivity contribution in [1.82, 2.24) is 0 Å². The third kappa shape index (κ3) is 7.56. The standard InChI is InChI=1S/C16H25OP.C4H9.Li/c1-9(2)12-7-13(10(3)4)15(16(17)18)14(8-12)11(5)6;1-4(2)3;/h7-11H,18H2,1-6H3;4H,1H2,2-3H3;. The quantitative estimate of drug-likeness (QED) is 0.458. The van der Waals surface area contributed by atoms with E-state index < -0.39 is 0 Å². The van der Waals surface area contributed by atoms with Crippen LogP contribution in [0.4, 0.5) is 0 Å². The van der Waals surface area contributed by atoms with E-state index in [0.717, 1.165) is 11.5 Å². The Hall–Kier alpha value is -0.0826. The molecular formula is C20H34LiOP. The molecule has 0 aliphatic rings. The molecule has 0 bridgehead atoms. The molecule has 1 aromatic rings. The van der Waals surface area contributed by atoms with Gasteiger partial charge in [0.2, 0.25) is 0 Å². The Balaban J connectivity index is 0.000000841. The number of benzene rings is 1. The summed E-state index contributed by atoms with van der Waals surface area (Å²) in [5.41, 5.74) is 4.72. The van der Waals surface area contributed by atoms with Crippen LogP contribution in [0.5, 0.6) is 0 Å². The van der Waals surface area contributed by atoms with Crippen LogP contribution in [0.1, 0.15) is 100 Å². The van der Waals surface area contributed by atoms with Gasteiger partial charge in [-0.1, -0.05) is 62.9 Å². The van der Waals surface area contributed by atoms with Crippen molar-refractivity contribution in [1.29, 1.82) is 0 Å². The second-order valence-electron chi connectivity index (χ2n) is 7.70. The molecule has 0 amide bonds. The first-order chi connectivity index (χ1) is 10.5. The van der Waals surface area contributed by atoms with Gasteiger partial charge in [0.15, 0.2) is 5.52 Å². The molecule has 0 aliphatic carbocycles. The van der Waals surface area contributed by atoms with Crippen molar-refractivity contribution in [2.24, 2.45) is 5.92 Å². The number of hydrogen-bond donors (Lipinski definition) is 0. The Labute approximate surface area is 155 Å². The van der Waals surface area contributed by atoms with Crippen LogP contribution in [0.15, 0.2) is 12.1 Å². The van der Waals surface area contributed by atoms with Gasteiger partial charge in [-0.15, -0.1) is 0 Å². The summed E-state index contributed by atoms with van der Waals surface area (Å²) >= 11 is 2.20. The monoisotopic (exact) mass is 328 g/mol. The van der Waals surface area contributed by atoms with Crippen molar-refractivity contribution in [3.05, 3.63) is 34.4 Å². The summed E-state index contributed by atoms with van der Waals surface area (Å²) < 4.78 is 0. The van der Waals surface area contributed by atoms with Crippen LogP contribution in [0.2, 0.25) is 5.09 Å². The van der Waals surface area contributed by atoms with E-state index in [2.05, 4.69) is 94.5 Å². The first kappa shape index (κ1) is 22.9. The molecule has 0 radical (unpaired) electrons. The van der Waals surface area contributed by atoms with Gasteiger partial charge in [-0.2, -0.15) is 0 Å². The SMILES string of the molecule is CC(C)c1cc(C(C)C)c(C(=O)P)c(C(C)C)c1.[Li][CH2]C(C)C. The molecule has 23 heavy (non-hydrogen) atoms. The van der Waals surface area contributed by atoms with Crippen molar-refractivity contribution in [2.75, 3.05) is 0 Å². The van der Waals surface area contributed by atoms with E-state index in [0.29, 0.717) is 17.8 Å². The van der Waals surface area contributed by atoms with Gasteiger partial charge in [0.05, 0.1) is 0 Å². The molecule has 1 aromatic carbocycles. The Morgan fingerprint density at radius 3 is 1.43 bits per heavy atom. The van der Waals surface area contributed by atoms with Crippen LogP contribution in [-0.2, 0) is 0 Å². The summed E-state index contributed by atoms with van der Waals surface area (Å²) in [5, 5.41) is 1.31. The van der Waals surface area contributed by atoms with E-state index in [1.54, 1.807) is 0 Å². The first-order valence-corrected chi connectivity index (χ1v) is 9.58. The van der Waals surface area contributed by atoms with Gasteiger partial charge in [0, 0.05) is 5.56 Å². The summed E-state index contributed by atoms with van der Waals surface area (Å²) in [4.78, 5) is 11.9. The van der Waals surface area contributed by atoms with E-state index in [-0.39, 0.29) is 5.52 Å². The summed E-state index contributed by atoms with van der Waals surface area (Å²) in [7, 11) is 2.33. The Kier molecular flexibility index (Phi) is 10.7. The summed E-state index contributed by atoms with van der Waals surface area (Å²) in [5.74, 6) is 2.13. The molecule has 0 saturated carbocycles. The minimum absolute atomic E-state index is 0.109. The maximum absolute atomic E-state index is 11.9. The van der Waals surface area contributed by atoms with Gasteiger partial charge in [0.1, 0.15) is 0 Å².